The van der Waals surface area contributed by atoms with E-state index in [2.05, 4.69) is 15.1 Å². The van der Waals surface area contributed by atoms with Gasteiger partial charge in [-0.25, -0.2) is 0 Å². The summed E-state index contributed by atoms with van der Waals surface area (Å²) in [5.41, 5.74) is 4.62. The second-order valence-corrected chi connectivity index (χ2v) is 5.58. The molecule has 2 heterocycles. The molecule has 0 amide bonds. The van der Waals surface area contributed by atoms with Gasteiger partial charge in [0.1, 0.15) is 0 Å². The van der Waals surface area contributed by atoms with E-state index >= 15 is 0 Å². The van der Waals surface area contributed by atoms with E-state index in [-0.39, 0.29) is 6.61 Å². The van der Waals surface area contributed by atoms with Gasteiger partial charge in [-0.15, -0.1) is 0 Å². The zero-order chi connectivity index (χ0) is 13.9. The second kappa shape index (κ2) is 5.95. The van der Waals surface area contributed by atoms with Crippen molar-refractivity contribution in [3.05, 3.63) is 40.5 Å². The fourth-order valence-corrected chi connectivity index (χ4v) is 2.81. The molecule has 1 aromatic heterocycles. The van der Waals surface area contributed by atoms with E-state index < -0.39 is 0 Å². The normalized spacial score (nSPS) is 15.3. The molecule has 1 aliphatic rings. The minimum atomic E-state index is 0.249. The Kier molecular flexibility index (Phi) is 4.05. The number of aliphatic hydroxyl groups excluding tert-OH is 1. The topological polar surface area (TPSA) is 52.1 Å². The number of aliphatic hydroxyl groups is 1. The molecule has 5 heteroatoms. The first kappa shape index (κ1) is 13.6. The van der Waals surface area contributed by atoms with E-state index in [1.54, 1.807) is 0 Å². The van der Waals surface area contributed by atoms with Crippen molar-refractivity contribution in [2.45, 2.75) is 19.4 Å². The summed E-state index contributed by atoms with van der Waals surface area (Å²) in [6.07, 6.45) is 1.81. The Morgan fingerprint density at radius 1 is 1.30 bits per heavy atom. The van der Waals surface area contributed by atoms with Crippen LogP contribution in [0.15, 0.2) is 24.3 Å². The summed E-state index contributed by atoms with van der Waals surface area (Å²) in [5.74, 6) is 0. The summed E-state index contributed by atoms with van der Waals surface area (Å²) in [4.78, 5) is 2.37. The number of fused-ring (bicyclic) bond motifs is 1. The minimum Gasteiger partial charge on any atom is -0.396 e. The van der Waals surface area contributed by atoms with Gasteiger partial charge >= 0.3 is 0 Å². The fourth-order valence-electron chi connectivity index (χ4n) is 2.68. The van der Waals surface area contributed by atoms with Crippen LogP contribution in [-0.4, -0.2) is 39.9 Å². The van der Waals surface area contributed by atoms with Crippen LogP contribution in [0.1, 0.15) is 17.7 Å². The highest BCUT2D eigenvalue weighted by Crippen LogP contribution is 2.29. The predicted molar refractivity (Wildman–Crippen MR) is 79.7 cm³/mol. The van der Waals surface area contributed by atoms with E-state index in [1.165, 1.54) is 11.3 Å². The van der Waals surface area contributed by atoms with E-state index in [0.29, 0.717) is 0 Å². The van der Waals surface area contributed by atoms with Crippen molar-refractivity contribution in [2.24, 2.45) is 0 Å². The average molecular weight is 292 g/mol. The third-order valence-corrected chi connectivity index (χ3v) is 4.01. The molecule has 0 atom stereocenters. The van der Waals surface area contributed by atoms with Crippen molar-refractivity contribution < 1.29 is 5.11 Å². The van der Waals surface area contributed by atoms with Crippen LogP contribution in [0.5, 0.6) is 0 Å². The van der Waals surface area contributed by atoms with Crippen molar-refractivity contribution in [3.8, 4) is 11.3 Å². The van der Waals surface area contributed by atoms with Crippen LogP contribution in [0.2, 0.25) is 5.02 Å². The van der Waals surface area contributed by atoms with E-state index in [0.717, 1.165) is 48.8 Å². The highest BCUT2D eigenvalue weighted by atomic mass is 35.5. The Morgan fingerprint density at radius 3 is 2.85 bits per heavy atom. The Bertz CT molecular complexity index is 579. The highest BCUT2D eigenvalue weighted by Gasteiger charge is 2.22. The number of aromatic amines is 1. The van der Waals surface area contributed by atoms with Gasteiger partial charge in [-0.2, -0.15) is 5.10 Å². The molecule has 0 bridgehead atoms. The van der Waals surface area contributed by atoms with Gasteiger partial charge in [0, 0.05) is 54.5 Å². The summed E-state index contributed by atoms with van der Waals surface area (Å²) in [6, 6.07) is 7.80. The number of H-pyrrole nitrogens is 1. The smallest absolute Gasteiger partial charge is 0.0968 e. The zero-order valence-corrected chi connectivity index (χ0v) is 12.0. The Hall–Kier alpha value is -1.36. The molecular weight excluding hydrogens is 274 g/mol. The summed E-state index contributed by atoms with van der Waals surface area (Å²) >= 11 is 5.94. The van der Waals surface area contributed by atoms with Crippen molar-refractivity contribution in [1.82, 2.24) is 15.1 Å². The van der Waals surface area contributed by atoms with Gasteiger partial charge < -0.3 is 5.11 Å². The second-order valence-electron chi connectivity index (χ2n) is 5.14. The van der Waals surface area contributed by atoms with Crippen LogP contribution in [0.4, 0.5) is 0 Å². The maximum absolute atomic E-state index is 8.95. The number of aromatic nitrogens is 2. The molecule has 3 rings (SSSR count). The van der Waals surface area contributed by atoms with Gasteiger partial charge in [-0.3, -0.25) is 10.00 Å². The molecule has 0 spiro atoms. The van der Waals surface area contributed by atoms with Crippen LogP contribution < -0.4 is 0 Å². The third-order valence-electron chi connectivity index (χ3n) is 3.76. The van der Waals surface area contributed by atoms with Crippen LogP contribution >= 0.6 is 11.6 Å². The van der Waals surface area contributed by atoms with E-state index in [4.69, 9.17) is 16.7 Å². The molecule has 2 aromatic rings. The van der Waals surface area contributed by atoms with Gasteiger partial charge in [-0.05, 0) is 18.6 Å². The largest absolute Gasteiger partial charge is 0.396 e. The van der Waals surface area contributed by atoms with Gasteiger partial charge in [0.2, 0.25) is 0 Å². The highest BCUT2D eigenvalue weighted by molar-refractivity contribution is 6.30. The summed E-state index contributed by atoms with van der Waals surface area (Å²) in [6.45, 7) is 3.10. The molecule has 106 valence electrons. The number of nitrogens with zero attached hydrogens (tertiary/aromatic N) is 2. The lowest BCUT2D eigenvalue weighted by molar-refractivity contribution is 0.212. The van der Waals surface area contributed by atoms with Gasteiger partial charge in [-0.1, -0.05) is 23.7 Å². The summed E-state index contributed by atoms with van der Waals surface area (Å²) in [5, 5.41) is 17.3. The quantitative estimate of drug-likeness (QED) is 0.910. The first-order valence-corrected chi connectivity index (χ1v) is 7.31. The van der Waals surface area contributed by atoms with Crippen LogP contribution in [0, 0.1) is 0 Å². The van der Waals surface area contributed by atoms with E-state index in [1.807, 2.05) is 24.3 Å². The van der Waals surface area contributed by atoms with Crippen LogP contribution in [0.3, 0.4) is 0 Å². The molecule has 4 nitrogen and oxygen atoms in total. The lowest BCUT2D eigenvalue weighted by atomic mass is 10.0. The molecule has 1 aromatic carbocycles. The average Bonchev–Trinajstić information content (AvgIpc) is 2.89. The van der Waals surface area contributed by atoms with Gasteiger partial charge in [0.05, 0.1) is 5.69 Å². The maximum atomic E-state index is 8.95. The Labute approximate surface area is 123 Å². The molecule has 20 heavy (non-hydrogen) atoms. The molecule has 0 radical (unpaired) electrons. The summed E-state index contributed by atoms with van der Waals surface area (Å²) < 4.78 is 0. The van der Waals surface area contributed by atoms with Gasteiger partial charge in [0.15, 0.2) is 0 Å². The molecule has 0 saturated heterocycles. The van der Waals surface area contributed by atoms with Crippen molar-refractivity contribution >= 4 is 11.6 Å². The first-order chi connectivity index (χ1) is 9.78. The van der Waals surface area contributed by atoms with Crippen molar-refractivity contribution in [3.63, 3.8) is 0 Å². The SMILES string of the molecule is OCCCN1CCc2[nH]nc(-c3ccc(Cl)cc3)c2C1. The van der Waals surface area contributed by atoms with Crippen LogP contribution in [0.25, 0.3) is 11.3 Å². The maximum Gasteiger partial charge on any atom is 0.0968 e. The number of hydrogen-bond donors (Lipinski definition) is 2. The number of nitrogens with one attached hydrogen (secondary N) is 1. The molecule has 1 aliphatic heterocycles. The Morgan fingerprint density at radius 2 is 2.10 bits per heavy atom. The molecule has 0 unspecified atom stereocenters. The third kappa shape index (κ3) is 2.73. The Balaban J connectivity index is 1.85. The van der Waals surface area contributed by atoms with Crippen molar-refractivity contribution in [1.29, 1.82) is 0 Å². The zero-order valence-electron chi connectivity index (χ0n) is 11.3. The summed E-state index contributed by atoms with van der Waals surface area (Å²) in [7, 11) is 0. The molecular formula is C15H18ClN3O. The molecule has 0 aliphatic carbocycles. The number of rotatable bonds is 4. The number of hydrogen-bond acceptors (Lipinski definition) is 3. The van der Waals surface area contributed by atoms with E-state index in [9.17, 15) is 0 Å². The lowest BCUT2D eigenvalue weighted by Gasteiger charge is -2.26. The van der Waals surface area contributed by atoms with Crippen LogP contribution in [-0.2, 0) is 13.0 Å². The first-order valence-electron chi connectivity index (χ1n) is 6.93. The van der Waals surface area contributed by atoms with Crippen molar-refractivity contribution in [2.75, 3.05) is 19.7 Å². The van der Waals surface area contributed by atoms with Gasteiger partial charge in [0.25, 0.3) is 0 Å². The number of halogens is 1. The fraction of sp³-hybridized carbons (Fsp3) is 0.400. The molecule has 0 fully saturated rings. The molecule has 0 saturated carbocycles. The number of benzene rings is 1. The standard InChI is InChI=1S/C15H18ClN3O/c16-12-4-2-11(3-5-12)15-13-10-19(7-1-9-20)8-6-14(13)17-18-15/h2-5,20H,1,6-10H2,(H,17,18). The monoisotopic (exact) mass is 291 g/mol. The molecule has 2 N–H and O–H groups in total. The predicted octanol–water partition coefficient (Wildman–Crippen LogP) is 2.47. The lowest BCUT2D eigenvalue weighted by Crippen LogP contribution is -2.31. The minimum absolute atomic E-state index is 0.249.